The normalized spacial score (nSPS) is 11.8. The van der Waals surface area contributed by atoms with Gasteiger partial charge in [-0.1, -0.05) is 115 Å². The number of unbranched alkanes of at least 4 members (excludes halogenated alkanes) is 4. The van der Waals surface area contributed by atoms with Crippen LogP contribution >= 0.6 is 0 Å². The molecular weight excluding hydrogens is 284 g/mol. The maximum absolute atomic E-state index is 2.31. The standard InChI is InChI=1S/C19H28Si2/c1(2-10-16-20-18-12-6-4-7-13-18)3-11-17-21-19-14-8-5-9-15-19/h4-9,12-15H,1-3,10-11,16-17,20-21H2. The van der Waals surface area contributed by atoms with Crippen molar-refractivity contribution in [2.75, 3.05) is 0 Å². The summed E-state index contributed by atoms with van der Waals surface area (Å²) in [6.45, 7) is 0. The van der Waals surface area contributed by atoms with Crippen LogP contribution in [0.1, 0.15) is 32.1 Å². The average Bonchev–Trinajstić information content (AvgIpc) is 2.55. The minimum atomic E-state index is 0.0166. The van der Waals surface area contributed by atoms with E-state index in [9.17, 15) is 0 Å². The summed E-state index contributed by atoms with van der Waals surface area (Å²) in [4.78, 5) is 0. The van der Waals surface area contributed by atoms with Crippen LogP contribution in [0.15, 0.2) is 60.7 Å². The molecule has 0 aliphatic carbocycles. The molecular formula is C19H28Si2. The van der Waals surface area contributed by atoms with Crippen LogP contribution in [0.3, 0.4) is 0 Å². The smallest absolute Gasteiger partial charge is 0.0547 e. The van der Waals surface area contributed by atoms with Crippen molar-refractivity contribution < 1.29 is 0 Å². The molecule has 0 amide bonds. The van der Waals surface area contributed by atoms with Gasteiger partial charge in [-0.3, -0.25) is 0 Å². The Kier molecular flexibility index (Phi) is 8.19. The molecule has 0 nitrogen and oxygen atoms in total. The quantitative estimate of drug-likeness (QED) is 0.467. The van der Waals surface area contributed by atoms with Gasteiger partial charge in [0.05, 0.1) is 19.0 Å². The summed E-state index contributed by atoms with van der Waals surface area (Å²) in [6, 6.07) is 25.2. The Morgan fingerprint density at radius 1 is 0.476 bits per heavy atom. The molecule has 0 aliphatic heterocycles. The van der Waals surface area contributed by atoms with Crippen LogP contribution in [0.25, 0.3) is 0 Å². The van der Waals surface area contributed by atoms with E-state index in [1.807, 2.05) is 0 Å². The van der Waals surface area contributed by atoms with Gasteiger partial charge in [-0.25, -0.2) is 0 Å². The van der Waals surface area contributed by atoms with Gasteiger partial charge in [0.1, 0.15) is 0 Å². The van der Waals surface area contributed by atoms with Gasteiger partial charge in [0.25, 0.3) is 0 Å². The van der Waals surface area contributed by atoms with E-state index in [4.69, 9.17) is 0 Å². The number of benzene rings is 2. The second-order valence-corrected chi connectivity index (χ2v) is 9.99. The lowest BCUT2D eigenvalue weighted by atomic mass is 10.2. The van der Waals surface area contributed by atoms with Crippen LogP contribution in [0.2, 0.25) is 12.1 Å². The first-order valence-corrected chi connectivity index (χ1v) is 11.9. The van der Waals surface area contributed by atoms with Crippen molar-refractivity contribution in [2.24, 2.45) is 0 Å². The molecule has 0 unspecified atom stereocenters. The van der Waals surface area contributed by atoms with Crippen molar-refractivity contribution in [2.45, 2.75) is 44.2 Å². The van der Waals surface area contributed by atoms with Gasteiger partial charge < -0.3 is 0 Å². The number of rotatable bonds is 10. The van der Waals surface area contributed by atoms with E-state index < -0.39 is 0 Å². The van der Waals surface area contributed by atoms with Crippen LogP contribution in [0.4, 0.5) is 0 Å². The summed E-state index contributed by atoms with van der Waals surface area (Å²) in [7, 11) is 0.0331. The van der Waals surface area contributed by atoms with Crippen LogP contribution in [0.5, 0.6) is 0 Å². The predicted molar refractivity (Wildman–Crippen MR) is 102 cm³/mol. The van der Waals surface area contributed by atoms with Crippen LogP contribution in [-0.4, -0.2) is 19.0 Å². The van der Waals surface area contributed by atoms with Gasteiger partial charge >= 0.3 is 0 Å². The minimum Gasteiger partial charge on any atom is -0.0669 e. The molecule has 21 heavy (non-hydrogen) atoms. The highest BCUT2D eigenvalue weighted by molar-refractivity contribution is 6.53. The SMILES string of the molecule is c1ccc([SiH2]CCCCCCC[SiH2]c2ccccc2)cc1. The van der Waals surface area contributed by atoms with E-state index >= 15 is 0 Å². The molecule has 0 N–H and O–H groups in total. The summed E-state index contributed by atoms with van der Waals surface area (Å²) in [5, 5.41) is 3.26. The van der Waals surface area contributed by atoms with Gasteiger partial charge in [-0.15, -0.1) is 0 Å². The number of hydrogen-bond donors (Lipinski definition) is 0. The average molecular weight is 313 g/mol. The van der Waals surface area contributed by atoms with E-state index in [2.05, 4.69) is 60.7 Å². The summed E-state index contributed by atoms with van der Waals surface area (Å²) < 4.78 is 0. The third-order valence-corrected chi connectivity index (χ3v) is 7.92. The highest BCUT2D eigenvalue weighted by atomic mass is 28.2. The minimum absolute atomic E-state index is 0.0166. The number of hydrogen-bond acceptors (Lipinski definition) is 0. The topological polar surface area (TPSA) is 0 Å². The summed E-state index contributed by atoms with van der Waals surface area (Å²) in [5.74, 6) is 0. The molecule has 0 saturated heterocycles. The molecule has 0 aliphatic rings. The first-order chi connectivity index (χ1) is 10.4. The molecule has 2 aromatic rings. The maximum Gasteiger partial charge on any atom is 0.0547 e. The van der Waals surface area contributed by atoms with E-state index in [0.717, 1.165) is 0 Å². The Bertz CT molecular complexity index is 422. The molecule has 0 fully saturated rings. The summed E-state index contributed by atoms with van der Waals surface area (Å²) in [6.07, 6.45) is 7.26. The molecule has 0 saturated carbocycles. The van der Waals surface area contributed by atoms with Crippen LogP contribution < -0.4 is 10.4 Å². The molecule has 2 rings (SSSR count). The second kappa shape index (κ2) is 10.6. The van der Waals surface area contributed by atoms with Crippen LogP contribution in [0, 0.1) is 0 Å². The zero-order valence-electron chi connectivity index (χ0n) is 13.1. The van der Waals surface area contributed by atoms with Crippen molar-refractivity contribution in [1.29, 1.82) is 0 Å². The third-order valence-electron chi connectivity index (χ3n) is 4.12. The molecule has 112 valence electrons. The van der Waals surface area contributed by atoms with Crippen molar-refractivity contribution in [3.63, 3.8) is 0 Å². The van der Waals surface area contributed by atoms with E-state index in [1.54, 1.807) is 10.4 Å². The summed E-state index contributed by atoms with van der Waals surface area (Å²) in [5.41, 5.74) is 0. The first-order valence-electron chi connectivity index (χ1n) is 8.53. The van der Waals surface area contributed by atoms with Gasteiger partial charge in [-0.2, -0.15) is 0 Å². The van der Waals surface area contributed by atoms with Crippen molar-refractivity contribution in [3.05, 3.63) is 60.7 Å². The highest BCUT2D eigenvalue weighted by Crippen LogP contribution is 2.07. The lowest BCUT2D eigenvalue weighted by Gasteiger charge is -2.03. The lowest BCUT2D eigenvalue weighted by Crippen LogP contribution is -2.12. The Morgan fingerprint density at radius 3 is 1.29 bits per heavy atom. The molecule has 0 heterocycles. The Morgan fingerprint density at radius 2 is 0.857 bits per heavy atom. The highest BCUT2D eigenvalue weighted by Gasteiger charge is 1.96. The van der Waals surface area contributed by atoms with E-state index in [0.29, 0.717) is 0 Å². The summed E-state index contributed by atoms with van der Waals surface area (Å²) >= 11 is 0. The Labute approximate surface area is 134 Å². The fourth-order valence-corrected chi connectivity index (χ4v) is 6.07. The first kappa shape index (κ1) is 16.2. The fraction of sp³-hybridized carbons (Fsp3) is 0.368. The molecule has 0 bridgehead atoms. The van der Waals surface area contributed by atoms with Gasteiger partial charge in [-0.05, 0) is 0 Å². The molecule has 0 atom stereocenters. The predicted octanol–water partition coefficient (Wildman–Crippen LogP) is 2.76. The second-order valence-electron chi connectivity index (χ2n) is 5.95. The Balaban J connectivity index is 1.40. The molecule has 0 radical (unpaired) electrons. The maximum atomic E-state index is 2.31. The molecule has 2 heteroatoms. The van der Waals surface area contributed by atoms with Crippen molar-refractivity contribution in [3.8, 4) is 0 Å². The largest absolute Gasteiger partial charge is 0.0669 e. The zero-order chi connectivity index (χ0) is 14.6. The van der Waals surface area contributed by atoms with Gasteiger partial charge in [0.2, 0.25) is 0 Å². The van der Waals surface area contributed by atoms with Crippen LogP contribution in [-0.2, 0) is 0 Å². The molecule has 2 aromatic carbocycles. The van der Waals surface area contributed by atoms with E-state index in [1.165, 1.54) is 44.2 Å². The van der Waals surface area contributed by atoms with Crippen molar-refractivity contribution in [1.82, 2.24) is 0 Å². The van der Waals surface area contributed by atoms with Crippen molar-refractivity contribution >= 4 is 29.4 Å². The van der Waals surface area contributed by atoms with Gasteiger partial charge in [0, 0.05) is 0 Å². The molecule has 0 spiro atoms. The molecule has 0 aromatic heterocycles. The fourth-order valence-electron chi connectivity index (χ4n) is 2.83. The van der Waals surface area contributed by atoms with E-state index in [-0.39, 0.29) is 19.0 Å². The van der Waals surface area contributed by atoms with Gasteiger partial charge in [0.15, 0.2) is 0 Å². The monoisotopic (exact) mass is 312 g/mol. The lowest BCUT2D eigenvalue weighted by molar-refractivity contribution is 0.655. The zero-order valence-corrected chi connectivity index (χ0v) is 16.0. The third kappa shape index (κ3) is 7.44. The Hall–Kier alpha value is -1.13.